The van der Waals surface area contributed by atoms with Crippen LogP contribution in [0.4, 0.5) is 13.2 Å². The van der Waals surface area contributed by atoms with Crippen molar-refractivity contribution in [2.45, 2.75) is 39.8 Å². The summed E-state index contributed by atoms with van der Waals surface area (Å²) in [4.78, 5) is 26.9. The number of aliphatic carboxylic acids is 1. The standard InChI is InChI=1S/C15H19F3N2O3/c1-4-14(5-2,13(22)23)8-19-12(21)10-6-7-11(15(16,17)18)20-9(10)3/h6-7H,4-5,8H2,1-3H3,(H,19,21)(H,22,23). The molecule has 0 aliphatic rings. The first-order valence-electron chi connectivity index (χ1n) is 7.14. The number of rotatable bonds is 6. The van der Waals surface area contributed by atoms with Crippen LogP contribution >= 0.6 is 0 Å². The van der Waals surface area contributed by atoms with Gasteiger partial charge in [0.25, 0.3) is 5.91 Å². The SMILES string of the molecule is CCC(CC)(CNC(=O)c1ccc(C(F)(F)F)nc1C)C(=O)O. The van der Waals surface area contributed by atoms with Gasteiger partial charge in [0.15, 0.2) is 0 Å². The van der Waals surface area contributed by atoms with E-state index in [4.69, 9.17) is 0 Å². The van der Waals surface area contributed by atoms with Crippen molar-refractivity contribution in [2.24, 2.45) is 5.41 Å². The van der Waals surface area contributed by atoms with Gasteiger partial charge in [-0.2, -0.15) is 13.2 Å². The lowest BCUT2D eigenvalue weighted by Crippen LogP contribution is -2.42. The number of aromatic nitrogens is 1. The molecule has 5 nitrogen and oxygen atoms in total. The van der Waals surface area contributed by atoms with E-state index in [1.54, 1.807) is 13.8 Å². The van der Waals surface area contributed by atoms with Crippen molar-refractivity contribution >= 4 is 11.9 Å². The number of carboxylic acid groups (broad SMARTS) is 1. The van der Waals surface area contributed by atoms with E-state index in [2.05, 4.69) is 10.3 Å². The number of carbonyl (C=O) groups is 2. The Morgan fingerprint density at radius 3 is 2.17 bits per heavy atom. The van der Waals surface area contributed by atoms with Crippen molar-refractivity contribution < 1.29 is 27.9 Å². The quantitative estimate of drug-likeness (QED) is 0.839. The second kappa shape index (κ2) is 6.97. The number of hydrogen-bond donors (Lipinski definition) is 2. The maximum atomic E-state index is 12.6. The molecular weight excluding hydrogens is 313 g/mol. The highest BCUT2D eigenvalue weighted by Gasteiger charge is 2.36. The summed E-state index contributed by atoms with van der Waals surface area (Å²) in [6.45, 7) is 4.60. The summed E-state index contributed by atoms with van der Waals surface area (Å²) in [7, 11) is 0. The van der Waals surface area contributed by atoms with Gasteiger partial charge in [-0.1, -0.05) is 13.8 Å². The van der Waals surface area contributed by atoms with Crippen molar-refractivity contribution in [3.63, 3.8) is 0 Å². The maximum Gasteiger partial charge on any atom is 0.433 e. The van der Waals surface area contributed by atoms with Crippen molar-refractivity contribution in [3.05, 3.63) is 29.1 Å². The van der Waals surface area contributed by atoms with Gasteiger partial charge in [0, 0.05) is 6.54 Å². The molecule has 0 aliphatic carbocycles. The lowest BCUT2D eigenvalue weighted by atomic mass is 9.82. The van der Waals surface area contributed by atoms with Gasteiger partial charge in [-0.05, 0) is 31.9 Å². The molecule has 0 spiro atoms. The number of alkyl halides is 3. The van der Waals surface area contributed by atoms with E-state index in [0.29, 0.717) is 12.8 Å². The van der Waals surface area contributed by atoms with E-state index >= 15 is 0 Å². The molecule has 1 aromatic heterocycles. The largest absolute Gasteiger partial charge is 0.481 e. The zero-order valence-corrected chi connectivity index (χ0v) is 13.1. The highest BCUT2D eigenvalue weighted by Crippen LogP contribution is 2.28. The number of nitrogens with one attached hydrogen (secondary N) is 1. The van der Waals surface area contributed by atoms with E-state index in [1.165, 1.54) is 6.92 Å². The summed E-state index contributed by atoms with van der Waals surface area (Å²) >= 11 is 0. The number of halogens is 3. The molecule has 0 saturated carbocycles. The summed E-state index contributed by atoms with van der Waals surface area (Å²) in [6, 6.07) is 1.77. The van der Waals surface area contributed by atoms with E-state index in [-0.39, 0.29) is 17.8 Å². The van der Waals surface area contributed by atoms with E-state index < -0.39 is 29.2 Å². The number of pyridine rings is 1. The summed E-state index contributed by atoms with van der Waals surface area (Å²) < 4.78 is 37.7. The maximum absolute atomic E-state index is 12.6. The molecular formula is C15H19F3N2O3. The van der Waals surface area contributed by atoms with Crippen LogP contribution in [0.3, 0.4) is 0 Å². The molecule has 128 valence electrons. The van der Waals surface area contributed by atoms with E-state index in [0.717, 1.165) is 12.1 Å². The molecule has 0 radical (unpaired) electrons. The van der Waals surface area contributed by atoms with Crippen LogP contribution < -0.4 is 5.32 Å². The number of amides is 1. The third-order valence-corrected chi connectivity index (χ3v) is 4.02. The predicted octanol–water partition coefficient (Wildman–Crippen LogP) is 3.03. The monoisotopic (exact) mass is 332 g/mol. The minimum Gasteiger partial charge on any atom is -0.481 e. The third-order valence-electron chi connectivity index (χ3n) is 4.02. The van der Waals surface area contributed by atoms with Crippen LogP contribution in [-0.2, 0) is 11.0 Å². The molecule has 2 N–H and O–H groups in total. The zero-order valence-electron chi connectivity index (χ0n) is 13.1. The summed E-state index contributed by atoms with van der Waals surface area (Å²) in [5.41, 5.74) is -2.24. The zero-order chi connectivity index (χ0) is 17.8. The van der Waals surface area contributed by atoms with Crippen molar-refractivity contribution in [1.82, 2.24) is 10.3 Å². The third kappa shape index (κ3) is 4.20. The Morgan fingerprint density at radius 1 is 1.22 bits per heavy atom. The van der Waals surface area contributed by atoms with Crippen LogP contribution in [0.25, 0.3) is 0 Å². The first kappa shape index (κ1) is 18.9. The molecule has 0 bridgehead atoms. The van der Waals surface area contributed by atoms with Crippen LogP contribution in [0, 0.1) is 12.3 Å². The summed E-state index contributed by atoms with van der Waals surface area (Å²) in [6.07, 6.45) is -3.94. The average Bonchev–Trinajstić information content (AvgIpc) is 2.47. The number of carbonyl (C=O) groups excluding carboxylic acids is 1. The molecule has 1 amide bonds. The van der Waals surface area contributed by atoms with E-state index in [9.17, 15) is 27.9 Å². The van der Waals surface area contributed by atoms with Crippen LogP contribution in [0.2, 0.25) is 0 Å². The molecule has 0 saturated heterocycles. The molecule has 23 heavy (non-hydrogen) atoms. The Morgan fingerprint density at radius 2 is 1.78 bits per heavy atom. The highest BCUT2D eigenvalue weighted by atomic mass is 19.4. The van der Waals surface area contributed by atoms with Crippen molar-refractivity contribution in [2.75, 3.05) is 6.54 Å². The van der Waals surface area contributed by atoms with Gasteiger partial charge in [0.1, 0.15) is 5.69 Å². The first-order valence-corrected chi connectivity index (χ1v) is 7.14. The van der Waals surface area contributed by atoms with Gasteiger partial charge in [0.05, 0.1) is 16.7 Å². The molecule has 1 rings (SSSR count). The lowest BCUT2D eigenvalue weighted by molar-refractivity contribution is -0.149. The molecule has 1 heterocycles. The molecule has 8 heteroatoms. The van der Waals surface area contributed by atoms with Gasteiger partial charge in [-0.25, -0.2) is 4.98 Å². The molecule has 0 aliphatic heterocycles. The van der Waals surface area contributed by atoms with Gasteiger partial charge >= 0.3 is 12.1 Å². The van der Waals surface area contributed by atoms with Gasteiger partial charge in [-0.3, -0.25) is 9.59 Å². The highest BCUT2D eigenvalue weighted by molar-refractivity contribution is 5.95. The molecule has 0 aromatic carbocycles. The van der Waals surface area contributed by atoms with Gasteiger partial charge in [-0.15, -0.1) is 0 Å². The van der Waals surface area contributed by atoms with Crippen LogP contribution in [-0.4, -0.2) is 28.5 Å². The Labute approximate surface area is 131 Å². The molecule has 1 aromatic rings. The van der Waals surface area contributed by atoms with Crippen LogP contribution in [0.15, 0.2) is 12.1 Å². The average molecular weight is 332 g/mol. The molecule has 0 unspecified atom stereocenters. The number of nitrogens with zero attached hydrogens (tertiary/aromatic N) is 1. The minimum absolute atomic E-state index is 0.00973. The second-order valence-electron chi connectivity index (χ2n) is 5.30. The Hall–Kier alpha value is -2.12. The Balaban J connectivity index is 2.93. The first-order chi connectivity index (χ1) is 10.6. The number of hydrogen-bond acceptors (Lipinski definition) is 3. The number of carboxylic acids is 1. The van der Waals surface area contributed by atoms with Crippen LogP contribution in [0.1, 0.15) is 48.4 Å². The lowest BCUT2D eigenvalue weighted by Gasteiger charge is -2.26. The van der Waals surface area contributed by atoms with Gasteiger partial charge < -0.3 is 10.4 Å². The number of aryl methyl sites for hydroxylation is 1. The van der Waals surface area contributed by atoms with E-state index in [1.807, 2.05) is 0 Å². The fourth-order valence-corrected chi connectivity index (χ4v) is 2.18. The topological polar surface area (TPSA) is 79.3 Å². The smallest absolute Gasteiger partial charge is 0.433 e. The molecule has 0 atom stereocenters. The fraction of sp³-hybridized carbons (Fsp3) is 0.533. The normalized spacial score (nSPS) is 12.1. The van der Waals surface area contributed by atoms with Crippen molar-refractivity contribution in [1.29, 1.82) is 0 Å². The van der Waals surface area contributed by atoms with Crippen molar-refractivity contribution in [3.8, 4) is 0 Å². The summed E-state index contributed by atoms with van der Waals surface area (Å²) in [5, 5.41) is 11.8. The van der Waals surface area contributed by atoms with Crippen LogP contribution in [0.5, 0.6) is 0 Å². The predicted molar refractivity (Wildman–Crippen MR) is 77.0 cm³/mol. The molecule has 0 fully saturated rings. The van der Waals surface area contributed by atoms with Gasteiger partial charge in [0.2, 0.25) is 0 Å². The minimum atomic E-state index is -4.58. The Kier molecular flexibility index (Phi) is 5.74. The second-order valence-corrected chi connectivity index (χ2v) is 5.30. The Bertz CT molecular complexity index is 596. The summed E-state index contributed by atoms with van der Waals surface area (Å²) in [5.74, 6) is -1.67. The fourth-order valence-electron chi connectivity index (χ4n) is 2.18.